The van der Waals surface area contributed by atoms with Crippen molar-refractivity contribution in [3.8, 4) is 0 Å². The Hall–Kier alpha value is -0.920. The molecular formula is C13H22N2. The van der Waals surface area contributed by atoms with Crippen molar-refractivity contribution in [2.45, 2.75) is 52.4 Å². The fourth-order valence-electron chi connectivity index (χ4n) is 1.82. The first-order chi connectivity index (χ1) is 7.33. The summed E-state index contributed by atoms with van der Waals surface area (Å²) in [6, 6.07) is 4.03. The molecule has 0 fully saturated rings. The maximum absolute atomic E-state index is 4.11. The van der Waals surface area contributed by atoms with E-state index in [9.17, 15) is 0 Å². The van der Waals surface area contributed by atoms with Crippen LogP contribution >= 0.6 is 0 Å². The Kier molecular flexibility index (Phi) is 5.98. The van der Waals surface area contributed by atoms with E-state index in [2.05, 4.69) is 30.1 Å². The highest BCUT2D eigenvalue weighted by Crippen LogP contribution is 2.14. The van der Waals surface area contributed by atoms with Crippen LogP contribution in [-0.2, 0) is 6.42 Å². The monoisotopic (exact) mass is 206 g/mol. The van der Waals surface area contributed by atoms with Crippen molar-refractivity contribution in [3.05, 3.63) is 24.0 Å². The van der Waals surface area contributed by atoms with Gasteiger partial charge in [-0.2, -0.15) is 10.2 Å². The maximum atomic E-state index is 4.11. The minimum Gasteiger partial charge on any atom is -0.159 e. The number of hydrogen-bond acceptors (Lipinski definition) is 2. The molecule has 0 aliphatic heterocycles. The van der Waals surface area contributed by atoms with Crippen LogP contribution in [-0.4, -0.2) is 10.2 Å². The molecule has 0 aliphatic carbocycles. The van der Waals surface area contributed by atoms with Crippen molar-refractivity contribution in [3.63, 3.8) is 0 Å². The summed E-state index contributed by atoms with van der Waals surface area (Å²) in [5, 5.41) is 8.01. The van der Waals surface area contributed by atoms with Gasteiger partial charge in [0, 0.05) is 6.20 Å². The molecule has 0 amide bonds. The highest BCUT2D eigenvalue weighted by atomic mass is 15.1. The zero-order chi connectivity index (χ0) is 10.9. The number of aromatic nitrogens is 2. The van der Waals surface area contributed by atoms with Gasteiger partial charge in [0.1, 0.15) is 0 Å². The second-order valence-electron chi connectivity index (χ2n) is 4.37. The summed E-state index contributed by atoms with van der Waals surface area (Å²) in [4.78, 5) is 0. The smallest absolute Gasteiger partial charge is 0.0633 e. The molecule has 0 aromatic carbocycles. The van der Waals surface area contributed by atoms with E-state index < -0.39 is 0 Å². The van der Waals surface area contributed by atoms with Crippen LogP contribution in [0.2, 0.25) is 0 Å². The fraction of sp³-hybridized carbons (Fsp3) is 0.692. The highest BCUT2D eigenvalue weighted by Gasteiger charge is 2.04. The van der Waals surface area contributed by atoms with Crippen molar-refractivity contribution in [1.82, 2.24) is 10.2 Å². The Morgan fingerprint density at radius 1 is 1.27 bits per heavy atom. The topological polar surface area (TPSA) is 25.8 Å². The van der Waals surface area contributed by atoms with E-state index in [1.54, 1.807) is 6.20 Å². The molecule has 1 atom stereocenters. The molecule has 0 radical (unpaired) electrons. The first-order valence-corrected chi connectivity index (χ1v) is 6.09. The predicted molar refractivity (Wildman–Crippen MR) is 63.7 cm³/mol. The molecule has 0 saturated carbocycles. The van der Waals surface area contributed by atoms with Gasteiger partial charge in [-0.3, -0.25) is 0 Å². The van der Waals surface area contributed by atoms with Crippen LogP contribution in [0.15, 0.2) is 18.3 Å². The zero-order valence-electron chi connectivity index (χ0n) is 9.95. The fourth-order valence-corrected chi connectivity index (χ4v) is 1.82. The molecule has 2 heteroatoms. The minimum atomic E-state index is 0.735. The molecule has 1 aromatic heterocycles. The van der Waals surface area contributed by atoms with Crippen molar-refractivity contribution in [1.29, 1.82) is 0 Å². The lowest BCUT2D eigenvalue weighted by Crippen LogP contribution is -2.02. The van der Waals surface area contributed by atoms with E-state index in [1.165, 1.54) is 32.1 Å². The van der Waals surface area contributed by atoms with Crippen LogP contribution in [0, 0.1) is 5.92 Å². The molecule has 15 heavy (non-hydrogen) atoms. The second kappa shape index (κ2) is 7.38. The van der Waals surface area contributed by atoms with Crippen LogP contribution in [0.3, 0.4) is 0 Å². The molecule has 0 spiro atoms. The molecule has 0 N–H and O–H groups in total. The van der Waals surface area contributed by atoms with Gasteiger partial charge in [0.15, 0.2) is 0 Å². The average molecular weight is 206 g/mol. The third-order valence-corrected chi connectivity index (χ3v) is 2.74. The molecule has 1 heterocycles. The van der Waals surface area contributed by atoms with Crippen molar-refractivity contribution < 1.29 is 0 Å². The Morgan fingerprint density at radius 2 is 2.13 bits per heavy atom. The first kappa shape index (κ1) is 12.2. The molecule has 0 saturated heterocycles. The summed E-state index contributed by atoms with van der Waals surface area (Å²) in [5.74, 6) is 0.735. The van der Waals surface area contributed by atoms with Gasteiger partial charge in [0.25, 0.3) is 0 Å². The summed E-state index contributed by atoms with van der Waals surface area (Å²) in [7, 11) is 0. The van der Waals surface area contributed by atoms with E-state index in [0.29, 0.717) is 0 Å². The quantitative estimate of drug-likeness (QED) is 0.637. The molecule has 84 valence electrons. The van der Waals surface area contributed by atoms with Crippen molar-refractivity contribution in [2.24, 2.45) is 5.92 Å². The summed E-state index contributed by atoms with van der Waals surface area (Å²) >= 11 is 0. The summed E-state index contributed by atoms with van der Waals surface area (Å²) < 4.78 is 0. The van der Waals surface area contributed by atoms with Crippen LogP contribution < -0.4 is 0 Å². The van der Waals surface area contributed by atoms with Crippen molar-refractivity contribution in [2.75, 3.05) is 0 Å². The van der Waals surface area contributed by atoms with Crippen LogP contribution in [0.4, 0.5) is 0 Å². The number of nitrogens with zero attached hydrogens (tertiary/aromatic N) is 2. The SMILES string of the molecule is CCCCCCC(C)Cc1cccnn1. The van der Waals surface area contributed by atoms with Crippen LogP contribution in [0.25, 0.3) is 0 Å². The highest BCUT2D eigenvalue weighted by molar-refractivity contribution is 4.99. The van der Waals surface area contributed by atoms with Gasteiger partial charge in [-0.1, -0.05) is 46.0 Å². The normalized spacial score (nSPS) is 12.7. The number of hydrogen-bond donors (Lipinski definition) is 0. The van der Waals surface area contributed by atoms with Crippen molar-refractivity contribution >= 4 is 0 Å². The van der Waals surface area contributed by atoms with Gasteiger partial charge in [-0.25, -0.2) is 0 Å². The third kappa shape index (κ3) is 5.50. The molecule has 1 unspecified atom stereocenters. The van der Waals surface area contributed by atoms with Gasteiger partial charge in [-0.15, -0.1) is 0 Å². The molecule has 1 rings (SSSR count). The lowest BCUT2D eigenvalue weighted by Gasteiger charge is -2.09. The van der Waals surface area contributed by atoms with E-state index in [0.717, 1.165) is 18.0 Å². The Morgan fingerprint density at radius 3 is 2.80 bits per heavy atom. The number of rotatable bonds is 7. The van der Waals surface area contributed by atoms with Gasteiger partial charge in [-0.05, 0) is 24.5 Å². The predicted octanol–water partition coefficient (Wildman–Crippen LogP) is 3.63. The maximum Gasteiger partial charge on any atom is 0.0633 e. The van der Waals surface area contributed by atoms with Gasteiger partial charge in [0.05, 0.1) is 5.69 Å². The molecule has 2 nitrogen and oxygen atoms in total. The van der Waals surface area contributed by atoms with Gasteiger partial charge < -0.3 is 0 Å². The van der Waals surface area contributed by atoms with Gasteiger partial charge in [0.2, 0.25) is 0 Å². The lowest BCUT2D eigenvalue weighted by molar-refractivity contribution is 0.481. The minimum absolute atomic E-state index is 0.735. The largest absolute Gasteiger partial charge is 0.159 e. The second-order valence-corrected chi connectivity index (χ2v) is 4.37. The zero-order valence-corrected chi connectivity index (χ0v) is 9.95. The van der Waals surface area contributed by atoms with Crippen LogP contribution in [0.1, 0.15) is 51.6 Å². The first-order valence-electron chi connectivity index (χ1n) is 6.09. The third-order valence-electron chi connectivity index (χ3n) is 2.74. The lowest BCUT2D eigenvalue weighted by atomic mass is 9.98. The Bertz CT molecular complexity index is 246. The molecular weight excluding hydrogens is 184 g/mol. The molecule has 1 aromatic rings. The summed E-state index contributed by atoms with van der Waals surface area (Å²) in [6.45, 7) is 4.56. The Labute approximate surface area is 93.1 Å². The van der Waals surface area contributed by atoms with Crippen LogP contribution in [0.5, 0.6) is 0 Å². The summed E-state index contributed by atoms with van der Waals surface area (Å²) in [6.07, 6.45) is 9.54. The van der Waals surface area contributed by atoms with E-state index in [1.807, 2.05) is 6.07 Å². The summed E-state index contributed by atoms with van der Waals surface area (Å²) in [5.41, 5.74) is 1.13. The Balaban J connectivity index is 2.16. The molecule has 0 aliphatic rings. The van der Waals surface area contributed by atoms with E-state index in [4.69, 9.17) is 0 Å². The van der Waals surface area contributed by atoms with E-state index >= 15 is 0 Å². The molecule has 0 bridgehead atoms. The van der Waals surface area contributed by atoms with E-state index in [-0.39, 0.29) is 0 Å². The average Bonchev–Trinajstić information content (AvgIpc) is 2.26. The number of unbranched alkanes of at least 4 members (excludes halogenated alkanes) is 3. The standard InChI is InChI=1S/C13H22N2/c1-3-4-5-6-8-12(2)11-13-9-7-10-14-15-13/h7,9-10,12H,3-6,8,11H2,1-2H3. The van der Waals surface area contributed by atoms with Gasteiger partial charge >= 0.3 is 0 Å².